The minimum Gasteiger partial charge on any atom is -0.387 e. The van der Waals surface area contributed by atoms with Crippen molar-refractivity contribution >= 4 is 40.4 Å². The molecule has 1 N–H and O–H groups in total. The van der Waals surface area contributed by atoms with Gasteiger partial charge in [0.15, 0.2) is 0 Å². The molecule has 0 saturated carbocycles. The summed E-state index contributed by atoms with van der Waals surface area (Å²) in [4.78, 5) is 2.29. The van der Waals surface area contributed by atoms with E-state index in [-0.39, 0.29) is 0 Å². The fourth-order valence-electron chi connectivity index (χ4n) is 3.87. The van der Waals surface area contributed by atoms with Gasteiger partial charge in [0.1, 0.15) is 0 Å². The monoisotopic (exact) mass is 393 g/mol. The van der Waals surface area contributed by atoms with Gasteiger partial charge in [-0.15, -0.1) is 0 Å². The Kier molecular flexibility index (Phi) is 4.83. The lowest BCUT2D eigenvalue weighted by atomic mass is 9.98. The Balaban J connectivity index is 1.49. The summed E-state index contributed by atoms with van der Waals surface area (Å²) in [5, 5.41) is 12.3. The summed E-state index contributed by atoms with van der Waals surface area (Å²) in [6, 6.07) is 11.6. The molecule has 2 nitrogen and oxygen atoms in total. The first kappa shape index (κ1) is 17.4. The number of fused-ring (bicyclic) bond motifs is 2. The number of rotatable bonds is 3. The maximum atomic E-state index is 10.6. The average molecular weight is 395 g/mol. The van der Waals surface area contributed by atoms with Crippen molar-refractivity contribution in [3.05, 3.63) is 73.7 Å². The molecule has 4 rings (SSSR count). The highest BCUT2D eigenvalue weighted by molar-refractivity contribution is 6.42. The standard InChI is InChI=1S/C20H18Cl3NO/c21-14-5-4-12-8-13-10-24(7-6-15(13)17(12)9-14)11-19(25)16-2-1-3-18(22)20(16)23/h1-5,9,19,25H,6-8,10-11H2. The number of aliphatic hydroxyl groups excluding tert-OH is 1. The Morgan fingerprint density at radius 3 is 2.80 bits per heavy atom. The van der Waals surface area contributed by atoms with E-state index in [0.29, 0.717) is 22.2 Å². The molecule has 1 heterocycles. The molecule has 1 aliphatic carbocycles. The first-order chi connectivity index (χ1) is 12.0. The van der Waals surface area contributed by atoms with Gasteiger partial charge in [0, 0.05) is 30.2 Å². The lowest BCUT2D eigenvalue weighted by molar-refractivity contribution is 0.117. The van der Waals surface area contributed by atoms with Crippen LogP contribution in [-0.2, 0) is 6.42 Å². The lowest BCUT2D eigenvalue weighted by Crippen LogP contribution is -2.34. The Morgan fingerprint density at radius 2 is 1.96 bits per heavy atom. The number of β-amino-alcohol motifs (C(OH)–C–C–N with tert-alkyl or cyclic N) is 1. The highest BCUT2D eigenvalue weighted by atomic mass is 35.5. The molecule has 0 fully saturated rings. The zero-order valence-corrected chi connectivity index (χ0v) is 15.9. The van der Waals surface area contributed by atoms with Crippen LogP contribution >= 0.6 is 34.8 Å². The summed E-state index contributed by atoms with van der Waals surface area (Å²) in [5.74, 6) is 0. The van der Waals surface area contributed by atoms with E-state index >= 15 is 0 Å². The second kappa shape index (κ2) is 6.94. The van der Waals surface area contributed by atoms with Gasteiger partial charge in [0.25, 0.3) is 0 Å². The molecule has 0 aromatic heterocycles. The smallest absolute Gasteiger partial charge is 0.0931 e. The SMILES string of the molecule is OC(CN1CCC2=C(Cc3ccc(Cl)cc32)C1)c1cccc(Cl)c1Cl. The molecule has 2 aliphatic rings. The van der Waals surface area contributed by atoms with E-state index in [1.807, 2.05) is 18.2 Å². The van der Waals surface area contributed by atoms with Crippen molar-refractivity contribution < 1.29 is 5.11 Å². The quantitative estimate of drug-likeness (QED) is 0.754. The minimum absolute atomic E-state index is 0.441. The molecule has 0 bridgehead atoms. The predicted octanol–water partition coefficient (Wildman–Crippen LogP) is 5.40. The van der Waals surface area contributed by atoms with Crippen LogP contribution in [-0.4, -0.2) is 29.6 Å². The summed E-state index contributed by atoms with van der Waals surface area (Å²) >= 11 is 18.5. The normalized spacial score (nSPS) is 18.2. The van der Waals surface area contributed by atoms with Crippen molar-refractivity contribution in [3.8, 4) is 0 Å². The molecule has 2 aromatic rings. The van der Waals surface area contributed by atoms with Crippen LogP contribution in [0.15, 0.2) is 42.0 Å². The summed E-state index contributed by atoms with van der Waals surface area (Å²) in [5.41, 5.74) is 6.22. The van der Waals surface area contributed by atoms with Gasteiger partial charge in [0.2, 0.25) is 0 Å². The third-order valence-electron chi connectivity index (χ3n) is 5.09. The molecule has 2 aromatic carbocycles. The topological polar surface area (TPSA) is 23.5 Å². The van der Waals surface area contributed by atoms with Crippen LogP contribution in [0, 0.1) is 0 Å². The number of nitrogens with zero attached hydrogens (tertiary/aromatic N) is 1. The fourth-order valence-corrected chi connectivity index (χ4v) is 4.47. The molecule has 0 saturated heterocycles. The van der Waals surface area contributed by atoms with E-state index in [1.54, 1.807) is 6.07 Å². The zero-order chi connectivity index (χ0) is 17.6. The van der Waals surface area contributed by atoms with Gasteiger partial charge in [0.05, 0.1) is 16.1 Å². The van der Waals surface area contributed by atoms with Gasteiger partial charge in [-0.2, -0.15) is 0 Å². The minimum atomic E-state index is -0.647. The van der Waals surface area contributed by atoms with Crippen LogP contribution in [0.25, 0.3) is 5.57 Å². The maximum Gasteiger partial charge on any atom is 0.0931 e. The van der Waals surface area contributed by atoms with E-state index in [9.17, 15) is 5.11 Å². The number of halogens is 3. The summed E-state index contributed by atoms with van der Waals surface area (Å²) in [7, 11) is 0. The van der Waals surface area contributed by atoms with Crippen molar-refractivity contribution in [2.75, 3.05) is 19.6 Å². The Labute approximate surface area is 162 Å². The van der Waals surface area contributed by atoms with Gasteiger partial charge in [-0.05, 0) is 53.3 Å². The highest BCUT2D eigenvalue weighted by Gasteiger charge is 2.28. The maximum absolute atomic E-state index is 10.6. The van der Waals surface area contributed by atoms with Crippen LogP contribution in [0.2, 0.25) is 15.1 Å². The predicted molar refractivity (Wildman–Crippen MR) is 105 cm³/mol. The third kappa shape index (κ3) is 3.34. The molecule has 1 atom stereocenters. The first-order valence-electron chi connectivity index (χ1n) is 8.37. The molecule has 0 spiro atoms. The Hall–Kier alpha value is -1.03. The molecule has 1 aliphatic heterocycles. The van der Waals surface area contributed by atoms with E-state index in [0.717, 1.165) is 31.0 Å². The van der Waals surface area contributed by atoms with Crippen molar-refractivity contribution in [1.82, 2.24) is 4.90 Å². The summed E-state index contributed by atoms with van der Waals surface area (Å²) < 4.78 is 0. The Morgan fingerprint density at radius 1 is 1.12 bits per heavy atom. The van der Waals surface area contributed by atoms with Gasteiger partial charge in [-0.3, -0.25) is 4.90 Å². The van der Waals surface area contributed by atoms with Gasteiger partial charge in [-0.25, -0.2) is 0 Å². The van der Waals surface area contributed by atoms with Crippen molar-refractivity contribution in [2.24, 2.45) is 0 Å². The van der Waals surface area contributed by atoms with Crippen molar-refractivity contribution in [1.29, 1.82) is 0 Å². The number of benzene rings is 2. The van der Waals surface area contributed by atoms with Crippen LogP contribution in [0.4, 0.5) is 0 Å². The van der Waals surface area contributed by atoms with Crippen LogP contribution in [0.1, 0.15) is 29.2 Å². The average Bonchev–Trinajstić information content (AvgIpc) is 2.94. The second-order valence-electron chi connectivity index (χ2n) is 6.70. The molecule has 25 heavy (non-hydrogen) atoms. The number of hydrogen-bond acceptors (Lipinski definition) is 2. The third-order valence-corrected chi connectivity index (χ3v) is 6.16. The van der Waals surface area contributed by atoms with Crippen molar-refractivity contribution in [3.63, 3.8) is 0 Å². The molecular weight excluding hydrogens is 377 g/mol. The highest BCUT2D eigenvalue weighted by Crippen LogP contribution is 2.39. The fraction of sp³-hybridized carbons (Fsp3) is 0.300. The largest absolute Gasteiger partial charge is 0.387 e. The van der Waals surface area contributed by atoms with Gasteiger partial charge >= 0.3 is 0 Å². The second-order valence-corrected chi connectivity index (χ2v) is 7.93. The molecule has 5 heteroatoms. The number of hydrogen-bond donors (Lipinski definition) is 1. The number of aliphatic hydroxyl groups is 1. The van der Waals surface area contributed by atoms with E-state index in [2.05, 4.69) is 17.0 Å². The zero-order valence-electron chi connectivity index (χ0n) is 13.6. The van der Waals surface area contributed by atoms with E-state index in [1.165, 1.54) is 22.3 Å². The van der Waals surface area contributed by atoms with Gasteiger partial charge < -0.3 is 5.11 Å². The molecule has 1 unspecified atom stereocenters. The van der Waals surface area contributed by atoms with Crippen LogP contribution in [0.3, 0.4) is 0 Å². The first-order valence-corrected chi connectivity index (χ1v) is 9.50. The van der Waals surface area contributed by atoms with Crippen LogP contribution in [0.5, 0.6) is 0 Å². The van der Waals surface area contributed by atoms with E-state index < -0.39 is 6.10 Å². The molecule has 130 valence electrons. The van der Waals surface area contributed by atoms with Gasteiger partial charge in [-0.1, -0.05) is 53.0 Å². The molecule has 0 radical (unpaired) electrons. The molecular formula is C20H18Cl3NO. The summed E-state index contributed by atoms with van der Waals surface area (Å²) in [6.07, 6.45) is 1.32. The Bertz CT molecular complexity index is 862. The lowest BCUT2D eigenvalue weighted by Gasteiger charge is -2.30. The van der Waals surface area contributed by atoms with Crippen LogP contribution < -0.4 is 0 Å². The van der Waals surface area contributed by atoms with Crippen molar-refractivity contribution in [2.45, 2.75) is 18.9 Å². The molecule has 0 amide bonds. The van der Waals surface area contributed by atoms with E-state index in [4.69, 9.17) is 34.8 Å². The summed E-state index contributed by atoms with van der Waals surface area (Å²) in [6.45, 7) is 2.34.